The highest BCUT2D eigenvalue weighted by Gasteiger charge is 2.19. The third kappa shape index (κ3) is 69.0. The Kier molecular flexibility index (Phi) is 67.7. The largest absolute Gasteiger partial charge is 0.462 e. The average Bonchev–Trinajstić information content (AvgIpc) is 3.50. The maximum atomic E-state index is 12.9. The molecule has 0 aliphatic heterocycles. The molecular formula is C77H134O6. The first-order chi connectivity index (χ1) is 41.0. The highest BCUT2D eigenvalue weighted by molar-refractivity contribution is 5.71. The second-order valence-corrected chi connectivity index (χ2v) is 23.8. The Balaban J connectivity index is 4.07. The third-order valence-electron chi connectivity index (χ3n) is 15.6. The monoisotopic (exact) mass is 1160 g/mol. The first kappa shape index (κ1) is 79.3. The summed E-state index contributed by atoms with van der Waals surface area (Å²) in [7, 11) is 0. The average molecular weight is 1160 g/mol. The van der Waals surface area contributed by atoms with Crippen LogP contribution in [-0.2, 0) is 28.6 Å². The van der Waals surface area contributed by atoms with Crippen LogP contribution >= 0.6 is 0 Å². The van der Waals surface area contributed by atoms with Crippen molar-refractivity contribution in [3.8, 4) is 0 Å². The van der Waals surface area contributed by atoms with E-state index in [2.05, 4.69) is 118 Å². The van der Waals surface area contributed by atoms with E-state index in [1.54, 1.807) is 0 Å². The summed E-state index contributed by atoms with van der Waals surface area (Å²) in [6.45, 7) is 6.51. The minimum atomic E-state index is -0.775. The molecular weight excluding hydrogens is 1020 g/mol. The van der Waals surface area contributed by atoms with Crippen molar-refractivity contribution in [1.82, 2.24) is 0 Å². The third-order valence-corrected chi connectivity index (χ3v) is 15.6. The summed E-state index contributed by atoms with van der Waals surface area (Å²) in [5.41, 5.74) is 0. The van der Waals surface area contributed by atoms with E-state index in [1.165, 1.54) is 212 Å². The van der Waals surface area contributed by atoms with Crippen molar-refractivity contribution < 1.29 is 28.6 Å². The van der Waals surface area contributed by atoms with Crippen LogP contribution in [0.4, 0.5) is 0 Å². The lowest BCUT2D eigenvalue weighted by Gasteiger charge is -2.18. The van der Waals surface area contributed by atoms with Gasteiger partial charge in [-0.2, -0.15) is 0 Å². The van der Waals surface area contributed by atoms with E-state index in [4.69, 9.17) is 14.2 Å². The summed E-state index contributed by atoms with van der Waals surface area (Å²) in [5.74, 6) is -0.867. The molecule has 0 N–H and O–H groups in total. The molecule has 0 rings (SSSR count). The number of esters is 3. The second-order valence-electron chi connectivity index (χ2n) is 23.8. The van der Waals surface area contributed by atoms with Gasteiger partial charge in [-0.05, 0) is 103 Å². The van der Waals surface area contributed by atoms with E-state index in [0.717, 1.165) is 103 Å². The molecule has 1 atom stereocenters. The van der Waals surface area contributed by atoms with Crippen LogP contribution in [0.2, 0.25) is 0 Å². The van der Waals surface area contributed by atoms with Crippen molar-refractivity contribution in [1.29, 1.82) is 0 Å². The second kappa shape index (κ2) is 70.8. The highest BCUT2D eigenvalue weighted by atomic mass is 16.6. The van der Waals surface area contributed by atoms with Crippen LogP contribution in [-0.4, -0.2) is 37.2 Å². The van der Waals surface area contributed by atoms with Crippen LogP contribution in [0.25, 0.3) is 0 Å². The van der Waals surface area contributed by atoms with Crippen LogP contribution in [0, 0.1) is 0 Å². The van der Waals surface area contributed by atoms with E-state index in [1.807, 2.05) is 0 Å². The van der Waals surface area contributed by atoms with Crippen molar-refractivity contribution in [2.75, 3.05) is 13.2 Å². The van der Waals surface area contributed by atoms with Gasteiger partial charge in [0.05, 0.1) is 0 Å². The number of hydrogen-bond acceptors (Lipinski definition) is 6. The van der Waals surface area contributed by atoms with Gasteiger partial charge in [0.25, 0.3) is 0 Å². The molecule has 478 valence electrons. The van der Waals surface area contributed by atoms with Crippen molar-refractivity contribution >= 4 is 17.9 Å². The molecule has 83 heavy (non-hydrogen) atoms. The summed E-state index contributed by atoms with van der Waals surface area (Å²) < 4.78 is 16.9. The van der Waals surface area contributed by atoms with Crippen LogP contribution in [0.5, 0.6) is 0 Å². The lowest BCUT2D eigenvalue weighted by molar-refractivity contribution is -0.167. The number of hydrogen-bond donors (Lipinski definition) is 0. The van der Waals surface area contributed by atoms with E-state index in [-0.39, 0.29) is 31.1 Å². The molecule has 0 amide bonds. The minimum absolute atomic E-state index is 0.0740. The van der Waals surface area contributed by atoms with Crippen LogP contribution in [0.3, 0.4) is 0 Å². The van der Waals surface area contributed by atoms with Gasteiger partial charge in [-0.15, -0.1) is 0 Å². The summed E-state index contributed by atoms with van der Waals surface area (Å²) in [6, 6.07) is 0. The summed E-state index contributed by atoms with van der Waals surface area (Å²) in [4.78, 5) is 38.2. The number of carbonyl (C=O) groups is 3. The first-order valence-electron chi connectivity index (χ1n) is 35.7. The van der Waals surface area contributed by atoms with Gasteiger partial charge < -0.3 is 14.2 Å². The van der Waals surface area contributed by atoms with Gasteiger partial charge in [0.1, 0.15) is 13.2 Å². The molecule has 0 saturated carbocycles. The summed E-state index contributed by atoms with van der Waals surface area (Å²) in [5, 5.41) is 0. The first-order valence-corrected chi connectivity index (χ1v) is 35.7. The normalized spacial score (nSPS) is 12.7. The van der Waals surface area contributed by atoms with Gasteiger partial charge in [0.2, 0.25) is 0 Å². The molecule has 0 fully saturated rings. The molecule has 0 aliphatic rings. The summed E-state index contributed by atoms with van der Waals surface area (Å²) >= 11 is 0. The Bertz CT molecular complexity index is 1610. The van der Waals surface area contributed by atoms with Crippen LogP contribution < -0.4 is 0 Å². The van der Waals surface area contributed by atoms with Crippen molar-refractivity contribution in [3.05, 3.63) is 97.2 Å². The molecule has 0 radical (unpaired) electrons. The lowest BCUT2D eigenvalue weighted by atomic mass is 10.0. The van der Waals surface area contributed by atoms with E-state index < -0.39 is 6.10 Å². The molecule has 0 aromatic heterocycles. The molecule has 0 bridgehead atoms. The van der Waals surface area contributed by atoms with Gasteiger partial charge in [-0.25, -0.2) is 0 Å². The number of allylic oxidation sites excluding steroid dienone is 16. The predicted molar refractivity (Wildman–Crippen MR) is 362 cm³/mol. The van der Waals surface area contributed by atoms with Crippen LogP contribution in [0.15, 0.2) is 97.2 Å². The number of unbranched alkanes of at least 4 members (excludes halogenated alkanes) is 38. The van der Waals surface area contributed by atoms with Gasteiger partial charge in [0, 0.05) is 19.3 Å². The number of rotatable bonds is 65. The molecule has 6 heteroatoms. The van der Waals surface area contributed by atoms with Crippen molar-refractivity contribution in [2.24, 2.45) is 0 Å². The molecule has 6 nitrogen and oxygen atoms in total. The molecule has 0 aliphatic carbocycles. The smallest absolute Gasteiger partial charge is 0.306 e. The topological polar surface area (TPSA) is 78.9 Å². The van der Waals surface area contributed by atoms with Crippen molar-refractivity contribution in [3.63, 3.8) is 0 Å². The Morgan fingerprint density at radius 3 is 0.735 bits per heavy atom. The standard InChI is InChI=1S/C77H134O6/c1-4-7-10-13-16-18-20-22-24-26-28-30-32-34-36-37-38-39-41-42-44-46-48-50-52-54-56-58-61-64-67-70-76(79)82-73-74(72-81-75(78)69-66-63-60-15-12-9-6-3)83-77(80)71-68-65-62-59-57-55-53-51-49-47-45-43-40-35-33-31-29-27-25-23-21-19-17-14-11-8-5-2/h7,10,16,18,21-24,27-30,34,36,38-39,74H,4-6,8-9,11-15,17,19-20,25-26,31-33,35,37,40-73H2,1-3H3/b10-7-,18-16-,23-21-,24-22-,29-27-,30-28-,36-34-,39-38-. The SMILES string of the molecule is CC/C=C\C/C=C\C/C=C\C/C=C\C/C=C\C/C=C\CCCCCCCCCCCCCCC(=O)OCC(COC(=O)CCCCCCCCC)OC(=O)CCCCCCCCCCCCCCCCC/C=C\C/C=C\CCCCCCC. The van der Waals surface area contributed by atoms with Gasteiger partial charge >= 0.3 is 17.9 Å². The Hall–Kier alpha value is -3.67. The van der Waals surface area contributed by atoms with Crippen LogP contribution in [0.1, 0.15) is 355 Å². The van der Waals surface area contributed by atoms with Crippen molar-refractivity contribution in [2.45, 2.75) is 361 Å². The Morgan fingerprint density at radius 1 is 0.253 bits per heavy atom. The van der Waals surface area contributed by atoms with Gasteiger partial charge in [-0.3, -0.25) is 14.4 Å². The van der Waals surface area contributed by atoms with Gasteiger partial charge in [-0.1, -0.05) is 330 Å². The Morgan fingerprint density at radius 2 is 0.470 bits per heavy atom. The zero-order valence-electron chi connectivity index (χ0n) is 54.9. The molecule has 1 unspecified atom stereocenters. The molecule has 0 aromatic rings. The maximum Gasteiger partial charge on any atom is 0.306 e. The molecule has 0 spiro atoms. The van der Waals surface area contributed by atoms with E-state index >= 15 is 0 Å². The number of carbonyl (C=O) groups excluding carboxylic acids is 3. The fourth-order valence-electron chi connectivity index (χ4n) is 10.2. The zero-order chi connectivity index (χ0) is 59.9. The summed E-state index contributed by atoms with van der Waals surface area (Å²) in [6.07, 6.45) is 96.1. The molecule has 0 heterocycles. The molecule has 0 saturated heterocycles. The van der Waals surface area contributed by atoms with E-state index in [9.17, 15) is 14.4 Å². The highest BCUT2D eigenvalue weighted by Crippen LogP contribution is 2.17. The molecule has 0 aromatic carbocycles. The quantitative estimate of drug-likeness (QED) is 0.0261. The number of ether oxygens (including phenoxy) is 3. The Labute approximate surface area is 515 Å². The maximum absolute atomic E-state index is 12.9. The predicted octanol–water partition coefficient (Wildman–Crippen LogP) is 24.8. The fourth-order valence-corrected chi connectivity index (χ4v) is 10.2. The minimum Gasteiger partial charge on any atom is -0.462 e. The van der Waals surface area contributed by atoms with Gasteiger partial charge in [0.15, 0.2) is 6.10 Å². The lowest BCUT2D eigenvalue weighted by Crippen LogP contribution is -2.30. The fraction of sp³-hybridized carbons (Fsp3) is 0.753. The zero-order valence-corrected chi connectivity index (χ0v) is 54.9. The van der Waals surface area contributed by atoms with E-state index in [0.29, 0.717) is 19.3 Å².